The van der Waals surface area contributed by atoms with Crippen molar-refractivity contribution in [3.63, 3.8) is 0 Å². The summed E-state index contributed by atoms with van der Waals surface area (Å²) in [5.41, 5.74) is 0.568. The molecule has 1 aliphatic rings. The van der Waals surface area contributed by atoms with E-state index in [1.165, 1.54) is 0 Å². The van der Waals surface area contributed by atoms with Crippen LogP contribution in [0, 0.1) is 0 Å². The van der Waals surface area contributed by atoms with Gasteiger partial charge in [-0.2, -0.15) is 0 Å². The number of anilines is 1. The van der Waals surface area contributed by atoms with Gasteiger partial charge in [0.1, 0.15) is 6.10 Å². The number of likely N-dealkylation sites (tertiary alicyclic amines) is 1. The van der Waals surface area contributed by atoms with Gasteiger partial charge in [0.25, 0.3) is 0 Å². The molecule has 1 N–H and O–H groups in total. The standard InChI is InChI=1S/C22H26Cl2N2O3/c1-3-28-20-6-4-5-7-21(20)29-17-10-12-26(13-11-17)15(2)22(27)25-19-9-8-16(23)14-18(19)24/h4-9,14-15,17H,3,10-13H2,1-2H3,(H,25,27). The lowest BCUT2D eigenvalue weighted by Crippen LogP contribution is -2.47. The van der Waals surface area contributed by atoms with E-state index in [-0.39, 0.29) is 18.1 Å². The molecule has 1 saturated heterocycles. The van der Waals surface area contributed by atoms with Crippen LogP contribution in [-0.2, 0) is 4.79 Å². The van der Waals surface area contributed by atoms with E-state index in [2.05, 4.69) is 10.2 Å². The quantitative estimate of drug-likeness (QED) is 0.642. The third kappa shape index (κ3) is 5.78. The first kappa shape index (κ1) is 21.8. The van der Waals surface area contributed by atoms with Crippen molar-refractivity contribution in [3.8, 4) is 11.5 Å². The lowest BCUT2D eigenvalue weighted by atomic mass is 10.1. The minimum absolute atomic E-state index is 0.0877. The van der Waals surface area contributed by atoms with Crippen molar-refractivity contribution < 1.29 is 14.3 Å². The van der Waals surface area contributed by atoms with Gasteiger partial charge in [0.05, 0.1) is 23.4 Å². The van der Waals surface area contributed by atoms with Gasteiger partial charge < -0.3 is 14.8 Å². The Morgan fingerprint density at radius 3 is 2.52 bits per heavy atom. The largest absolute Gasteiger partial charge is 0.490 e. The second kappa shape index (κ2) is 10.2. The fourth-order valence-electron chi connectivity index (χ4n) is 3.38. The Labute approximate surface area is 181 Å². The number of piperidine rings is 1. The van der Waals surface area contributed by atoms with Crippen molar-refractivity contribution >= 4 is 34.8 Å². The van der Waals surface area contributed by atoms with E-state index >= 15 is 0 Å². The first-order valence-corrected chi connectivity index (χ1v) is 10.6. The van der Waals surface area contributed by atoms with E-state index in [9.17, 15) is 4.79 Å². The molecule has 0 radical (unpaired) electrons. The third-order valence-electron chi connectivity index (χ3n) is 5.04. The van der Waals surface area contributed by atoms with Gasteiger partial charge >= 0.3 is 0 Å². The van der Waals surface area contributed by atoms with Crippen molar-refractivity contribution in [2.24, 2.45) is 0 Å². The zero-order chi connectivity index (χ0) is 20.8. The first-order valence-electron chi connectivity index (χ1n) is 9.86. The van der Waals surface area contributed by atoms with Crippen molar-refractivity contribution in [2.75, 3.05) is 25.0 Å². The third-order valence-corrected chi connectivity index (χ3v) is 5.58. The number of para-hydroxylation sites is 2. The minimum Gasteiger partial charge on any atom is -0.490 e. The molecule has 1 amide bonds. The molecule has 1 atom stereocenters. The molecule has 1 heterocycles. The van der Waals surface area contributed by atoms with E-state index in [0.29, 0.717) is 22.3 Å². The molecule has 7 heteroatoms. The Balaban J connectivity index is 1.52. The van der Waals surface area contributed by atoms with E-state index in [1.54, 1.807) is 18.2 Å². The maximum Gasteiger partial charge on any atom is 0.241 e. The summed E-state index contributed by atoms with van der Waals surface area (Å²) in [6, 6.07) is 12.5. The number of amides is 1. The van der Waals surface area contributed by atoms with Gasteiger partial charge in [0, 0.05) is 18.1 Å². The van der Waals surface area contributed by atoms with Crippen LogP contribution in [0.4, 0.5) is 5.69 Å². The lowest BCUT2D eigenvalue weighted by molar-refractivity contribution is -0.121. The normalized spacial score (nSPS) is 16.3. The molecule has 156 valence electrons. The molecular weight excluding hydrogens is 411 g/mol. The number of ether oxygens (including phenoxy) is 2. The van der Waals surface area contributed by atoms with Crippen LogP contribution < -0.4 is 14.8 Å². The Bertz CT molecular complexity index is 839. The Hall–Kier alpha value is -1.95. The average Bonchev–Trinajstić information content (AvgIpc) is 2.72. The van der Waals surface area contributed by atoms with Gasteiger partial charge in [-0.1, -0.05) is 35.3 Å². The summed E-state index contributed by atoms with van der Waals surface area (Å²) < 4.78 is 11.8. The van der Waals surface area contributed by atoms with Gasteiger partial charge in [0.2, 0.25) is 5.91 Å². The molecule has 29 heavy (non-hydrogen) atoms. The summed E-state index contributed by atoms with van der Waals surface area (Å²) in [6.07, 6.45) is 1.80. The fraction of sp³-hybridized carbons (Fsp3) is 0.409. The maximum atomic E-state index is 12.6. The Morgan fingerprint density at radius 2 is 1.86 bits per heavy atom. The predicted molar refractivity (Wildman–Crippen MR) is 117 cm³/mol. The predicted octanol–water partition coefficient (Wildman–Crippen LogP) is 5.26. The molecule has 0 aromatic heterocycles. The SMILES string of the molecule is CCOc1ccccc1OC1CCN(C(C)C(=O)Nc2ccc(Cl)cc2Cl)CC1. The molecule has 0 aliphatic carbocycles. The summed E-state index contributed by atoms with van der Waals surface area (Å²) in [7, 11) is 0. The number of halogens is 2. The van der Waals surface area contributed by atoms with Crippen molar-refractivity contribution in [1.82, 2.24) is 4.90 Å². The number of carbonyl (C=O) groups excluding carboxylic acids is 1. The summed E-state index contributed by atoms with van der Waals surface area (Å²) >= 11 is 12.1. The molecule has 1 unspecified atom stereocenters. The van der Waals surface area contributed by atoms with E-state index in [4.69, 9.17) is 32.7 Å². The summed E-state index contributed by atoms with van der Waals surface area (Å²) in [4.78, 5) is 14.8. The number of nitrogens with zero attached hydrogens (tertiary/aromatic N) is 1. The van der Waals surface area contributed by atoms with Crippen molar-refractivity contribution in [1.29, 1.82) is 0 Å². The van der Waals surface area contributed by atoms with Crippen LogP contribution in [0.5, 0.6) is 11.5 Å². The number of hydrogen-bond donors (Lipinski definition) is 1. The first-order chi connectivity index (χ1) is 14.0. The van der Waals surface area contributed by atoms with Gasteiger partial charge in [0.15, 0.2) is 11.5 Å². The highest BCUT2D eigenvalue weighted by molar-refractivity contribution is 6.36. The Kier molecular flexibility index (Phi) is 7.64. The van der Waals surface area contributed by atoms with E-state index < -0.39 is 0 Å². The molecule has 0 saturated carbocycles. The number of nitrogens with one attached hydrogen (secondary N) is 1. The molecule has 3 rings (SSSR count). The smallest absolute Gasteiger partial charge is 0.241 e. The van der Waals surface area contributed by atoms with Crippen LogP contribution in [0.1, 0.15) is 26.7 Å². The molecular formula is C22H26Cl2N2O3. The second-order valence-electron chi connectivity index (χ2n) is 7.02. The topological polar surface area (TPSA) is 50.8 Å². The van der Waals surface area contributed by atoms with Crippen LogP contribution in [0.15, 0.2) is 42.5 Å². The van der Waals surface area contributed by atoms with Crippen LogP contribution in [0.3, 0.4) is 0 Å². The summed E-state index contributed by atoms with van der Waals surface area (Å²) in [5.74, 6) is 1.45. The number of rotatable bonds is 7. The summed E-state index contributed by atoms with van der Waals surface area (Å²) in [6.45, 7) is 6.03. The molecule has 2 aromatic rings. The zero-order valence-electron chi connectivity index (χ0n) is 16.7. The average molecular weight is 437 g/mol. The molecule has 1 fully saturated rings. The van der Waals surface area contributed by atoms with E-state index in [0.717, 1.165) is 37.4 Å². The molecule has 5 nitrogen and oxygen atoms in total. The highest BCUT2D eigenvalue weighted by Crippen LogP contribution is 2.30. The van der Waals surface area contributed by atoms with Gasteiger partial charge in [-0.3, -0.25) is 9.69 Å². The van der Waals surface area contributed by atoms with Gasteiger partial charge in [-0.05, 0) is 57.0 Å². The lowest BCUT2D eigenvalue weighted by Gasteiger charge is -2.35. The van der Waals surface area contributed by atoms with Gasteiger partial charge in [-0.25, -0.2) is 0 Å². The number of benzene rings is 2. The van der Waals surface area contributed by atoms with Gasteiger partial charge in [-0.15, -0.1) is 0 Å². The molecule has 2 aromatic carbocycles. The number of hydrogen-bond acceptors (Lipinski definition) is 4. The minimum atomic E-state index is -0.265. The zero-order valence-corrected chi connectivity index (χ0v) is 18.2. The van der Waals surface area contributed by atoms with Crippen LogP contribution in [-0.4, -0.2) is 42.6 Å². The summed E-state index contributed by atoms with van der Waals surface area (Å²) in [5, 5.41) is 3.85. The molecule has 0 bridgehead atoms. The second-order valence-corrected chi connectivity index (χ2v) is 7.87. The monoisotopic (exact) mass is 436 g/mol. The van der Waals surface area contributed by atoms with Crippen LogP contribution in [0.2, 0.25) is 10.0 Å². The fourth-order valence-corrected chi connectivity index (χ4v) is 3.83. The highest BCUT2D eigenvalue weighted by Gasteiger charge is 2.28. The van der Waals surface area contributed by atoms with Crippen LogP contribution in [0.25, 0.3) is 0 Å². The molecule has 1 aliphatic heterocycles. The molecule has 0 spiro atoms. The van der Waals surface area contributed by atoms with Crippen molar-refractivity contribution in [2.45, 2.75) is 38.8 Å². The van der Waals surface area contributed by atoms with E-state index in [1.807, 2.05) is 38.1 Å². The van der Waals surface area contributed by atoms with Crippen LogP contribution >= 0.6 is 23.2 Å². The Morgan fingerprint density at radius 1 is 1.17 bits per heavy atom. The number of carbonyl (C=O) groups is 1. The van der Waals surface area contributed by atoms with Crippen molar-refractivity contribution in [3.05, 3.63) is 52.5 Å². The highest BCUT2D eigenvalue weighted by atomic mass is 35.5. The maximum absolute atomic E-state index is 12.6.